The molecule has 0 aliphatic heterocycles. The highest BCUT2D eigenvalue weighted by atomic mass is 35.5. The first kappa shape index (κ1) is 18.3. The van der Waals surface area contributed by atoms with Crippen molar-refractivity contribution < 1.29 is 5.11 Å². The fourth-order valence-corrected chi connectivity index (χ4v) is 3.86. The monoisotopic (exact) mass is 371 g/mol. The van der Waals surface area contributed by atoms with E-state index in [4.69, 9.17) is 11.6 Å². The molecule has 2 aromatic rings. The topological polar surface area (TPSA) is 56.7 Å². The van der Waals surface area contributed by atoms with Crippen LogP contribution < -0.4 is 10.6 Å². The zero-order chi connectivity index (χ0) is 16.7. The second kappa shape index (κ2) is 9.27. The third-order valence-corrected chi connectivity index (χ3v) is 5.40. The van der Waals surface area contributed by atoms with E-state index >= 15 is 0 Å². The van der Waals surface area contributed by atoms with Gasteiger partial charge in [0.25, 0.3) is 0 Å². The molecule has 2 aromatic heterocycles. The Morgan fingerprint density at radius 3 is 2.78 bits per heavy atom. The predicted octanol–water partition coefficient (Wildman–Crippen LogP) is 3.86. The molecule has 23 heavy (non-hydrogen) atoms. The van der Waals surface area contributed by atoms with Crippen LogP contribution in [0.2, 0.25) is 4.34 Å². The van der Waals surface area contributed by atoms with E-state index in [0.29, 0.717) is 23.3 Å². The molecule has 0 amide bonds. The zero-order valence-electron chi connectivity index (χ0n) is 13.3. The summed E-state index contributed by atoms with van der Waals surface area (Å²) in [7, 11) is 0. The van der Waals surface area contributed by atoms with Gasteiger partial charge in [0, 0.05) is 30.4 Å². The van der Waals surface area contributed by atoms with Crippen molar-refractivity contribution in [2.24, 2.45) is 4.99 Å². The van der Waals surface area contributed by atoms with Gasteiger partial charge in [-0.15, -0.1) is 11.3 Å². The lowest BCUT2D eigenvalue weighted by Crippen LogP contribution is -2.39. The molecule has 0 radical (unpaired) electrons. The summed E-state index contributed by atoms with van der Waals surface area (Å²) < 4.78 is 0.684. The number of aliphatic imine (C=N–C) groups is 1. The number of rotatable bonds is 7. The van der Waals surface area contributed by atoms with Crippen LogP contribution in [0.25, 0.3) is 0 Å². The highest BCUT2D eigenvalue weighted by Crippen LogP contribution is 2.26. The molecule has 4 nitrogen and oxygen atoms in total. The molecular weight excluding hydrogens is 350 g/mol. The SMILES string of the molecule is CCNC(=NCC(C)c1ccsc1)NCC(O)c1ccc(Cl)s1. The van der Waals surface area contributed by atoms with Crippen LogP contribution in [0.5, 0.6) is 0 Å². The summed E-state index contributed by atoms with van der Waals surface area (Å²) in [5.74, 6) is 1.09. The van der Waals surface area contributed by atoms with Crippen LogP contribution in [0.1, 0.15) is 36.3 Å². The molecule has 0 aliphatic rings. The molecule has 0 saturated carbocycles. The fraction of sp³-hybridized carbons (Fsp3) is 0.438. The van der Waals surface area contributed by atoms with Gasteiger partial charge in [0.15, 0.2) is 5.96 Å². The van der Waals surface area contributed by atoms with Crippen LogP contribution in [0.4, 0.5) is 0 Å². The number of halogens is 1. The Kier molecular flexibility index (Phi) is 7.36. The van der Waals surface area contributed by atoms with E-state index in [9.17, 15) is 5.11 Å². The Labute approximate surface area is 150 Å². The summed E-state index contributed by atoms with van der Waals surface area (Å²) in [5.41, 5.74) is 1.31. The van der Waals surface area contributed by atoms with Crippen molar-refractivity contribution in [2.75, 3.05) is 19.6 Å². The summed E-state index contributed by atoms with van der Waals surface area (Å²) >= 11 is 9.00. The van der Waals surface area contributed by atoms with Gasteiger partial charge in [-0.05, 0) is 41.4 Å². The van der Waals surface area contributed by atoms with Crippen molar-refractivity contribution in [3.8, 4) is 0 Å². The van der Waals surface area contributed by atoms with Crippen LogP contribution >= 0.6 is 34.3 Å². The molecule has 0 aliphatic carbocycles. The lowest BCUT2D eigenvalue weighted by Gasteiger charge is -2.15. The third kappa shape index (κ3) is 5.80. The number of hydrogen-bond acceptors (Lipinski definition) is 4. The maximum atomic E-state index is 10.2. The van der Waals surface area contributed by atoms with Crippen LogP contribution in [0, 0.1) is 0 Å². The van der Waals surface area contributed by atoms with E-state index in [1.807, 2.05) is 13.0 Å². The van der Waals surface area contributed by atoms with Crippen LogP contribution in [0.15, 0.2) is 34.0 Å². The molecular formula is C16H22ClN3OS2. The van der Waals surface area contributed by atoms with Crippen LogP contribution in [0.3, 0.4) is 0 Å². The lowest BCUT2D eigenvalue weighted by molar-refractivity contribution is 0.184. The van der Waals surface area contributed by atoms with Crippen molar-refractivity contribution >= 4 is 40.2 Å². The molecule has 2 rings (SSSR count). The van der Waals surface area contributed by atoms with Gasteiger partial charge < -0.3 is 15.7 Å². The summed E-state index contributed by atoms with van der Waals surface area (Å²) in [4.78, 5) is 5.46. The van der Waals surface area contributed by atoms with E-state index in [2.05, 4.69) is 39.4 Å². The Morgan fingerprint density at radius 2 is 2.17 bits per heavy atom. The number of aliphatic hydroxyl groups is 1. The maximum absolute atomic E-state index is 10.2. The molecule has 0 aromatic carbocycles. The molecule has 126 valence electrons. The largest absolute Gasteiger partial charge is 0.386 e. The van der Waals surface area contributed by atoms with Crippen molar-refractivity contribution in [3.05, 3.63) is 43.7 Å². The summed E-state index contributed by atoms with van der Waals surface area (Å²) in [6.45, 7) is 6.06. The fourth-order valence-electron chi connectivity index (χ4n) is 2.03. The van der Waals surface area contributed by atoms with Crippen molar-refractivity contribution in [2.45, 2.75) is 25.9 Å². The molecule has 0 fully saturated rings. The van der Waals surface area contributed by atoms with Crippen LogP contribution in [-0.2, 0) is 0 Å². The van der Waals surface area contributed by atoms with Gasteiger partial charge in [-0.1, -0.05) is 18.5 Å². The van der Waals surface area contributed by atoms with Crippen molar-refractivity contribution in [3.63, 3.8) is 0 Å². The zero-order valence-corrected chi connectivity index (χ0v) is 15.6. The van der Waals surface area contributed by atoms with Gasteiger partial charge >= 0.3 is 0 Å². The summed E-state index contributed by atoms with van der Waals surface area (Å²) in [5, 5.41) is 20.8. The highest BCUT2D eigenvalue weighted by Gasteiger charge is 2.11. The van der Waals surface area contributed by atoms with E-state index in [1.165, 1.54) is 16.9 Å². The number of thiophene rings is 2. The Bertz CT molecular complexity index is 613. The first-order valence-electron chi connectivity index (χ1n) is 7.57. The number of guanidine groups is 1. The Morgan fingerprint density at radius 1 is 1.35 bits per heavy atom. The first-order chi connectivity index (χ1) is 11.1. The van der Waals surface area contributed by atoms with Gasteiger partial charge in [0.1, 0.15) is 6.10 Å². The van der Waals surface area contributed by atoms with Gasteiger partial charge in [-0.3, -0.25) is 4.99 Å². The minimum Gasteiger partial charge on any atom is -0.386 e. The summed E-state index contributed by atoms with van der Waals surface area (Å²) in [6, 6.07) is 5.78. The molecule has 0 spiro atoms. The second-order valence-electron chi connectivity index (χ2n) is 5.22. The Balaban J connectivity index is 1.88. The molecule has 2 unspecified atom stereocenters. The van der Waals surface area contributed by atoms with Gasteiger partial charge in [-0.25, -0.2) is 0 Å². The van der Waals surface area contributed by atoms with Crippen molar-refractivity contribution in [1.29, 1.82) is 0 Å². The standard InChI is InChI=1S/C16H22ClN3OS2/c1-3-18-16(19-8-11(2)12-6-7-22-10-12)20-9-13(21)14-4-5-15(17)23-14/h4-7,10-11,13,21H,3,8-9H2,1-2H3,(H2,18,19,20). The van der Waals surface area contributed by atoms with Crippen LogP contribution in [-0.4, -0.2) is 30.7 Å². The van der Waals surface area contributed by atoms with E-state index in [0.717, 1.165) is 17.4 Å². The second-order valence-corrected chi connectivity index (χ2v) is 7.74. The average molecular weight is 372 g/mol. The predicted molar refractivity (Wildman–Crippen MR) is 101 cm³/mol. The molecule has 2 atom stereocenters. The average Bonchev–Trinajstić information content (AvgIpc) is 3.20. The first-order valence-corrected chi connectivity index (χ1v) is 9.71. The van der Waals surface area contributed by atoms with E-state index in [-0.39, 0.29) is 0 Å². The number of aliphatic hydroxyl groups excluding tert-OH is 1. The minimum absolute atomic E-state index is 0.373. The van der Waals surface area contributed by atoms with Crippen molar-refractivity contribution in [1.82, 2.24) is 10.6 Å². The summed E-state index contributed by atoms with van der Waals surface area (Å²) in [6.07, 6.45) is -0.592. The van der Waals surface area contributed by atoms with E-state index in [1.54, 1.807) is 17.4 Å². The molecule has 3 N–H and O–H groups in total. The third-order valence-electron chi connectivity index (χ3n) is 3.36. The normalized spacial score (nSPS) is 14.5. The number of nitrogens with zero attached hydrogens (tertiary/aromatic N) is 1. The quantitative estimate of drug-likeness (QED) is 0.511. The molecule has 7 heteroatoms. The molecule has 2 heterocycles. The molecule has 0 bridgehead atoms. The lowest BCUT2D eigenvalue weighted by atomic mass is 10.1. The number of nitrogens with one attached hydrogen (secondary N) is 2. The Hall–Kier alpha value is -1.08. The number of hydrogen-bond donors (Lipinski definition) is 3. The van der Waals surface area contributed by atoms with E-state index < -0.39 is 6.10 Å². The molecule has 0 saturated heterocycles. The highest BCUT2D eigenvalue weighted by molar-refractivity contribution is 7.16. The van der Waals surface area contributed by atoms with Gasteiger partial charge in [0.05, 0.1) is 4.34 Å². The van der Waals surface area contributed by atoms with Gasteiger partial charge in [0.2, 0.25) is 0 Å². The smallest absolute Gasteiger partial charge is 0.191 e. The van der Waals surface area contributed by atoms with Gasteiger partial charge in [-0.2, -0.15) is 11.3 Å². The minimum atomic E-state index is -0.592. The maximum Gasteiger partial charge on any atom is 0.191 e.